The van der Waals surface area contributed by atoms with Crippen LogP contribution in [0.4, 0.5) is 4.39 Å². The smallest absolute Gasteiger partial charge is 0.165 e. The minimum atomic E-state index is -0.438. The first kappa shape index (κ1) is 12.4. The number of halogens is 1. The molecule has 3 N–H and O–H groups in total. The van der Waals surface area contributed by atoms with E-state index in [-0.39, 0.29) is 11.8 Å². The second kappa shape index (κ2) is 5.46. The number of methoxy groups -OCH3 is 1. The van der Waals surface area contributed by atoms with E-state index in [1.165, 1.54) is 19.2 Å². The molecule has 0 aromatic heterocycles. The van der Waals surface area contributed by atoms with Crippen molar-refractivity contribution >= 4 is 5.84 Å². The van der Waals surface area contributed by atoms with E-state index >= 15 is 0 Å². The monoisotopic (exact) mass is 225 g/mol. The third-order valence-corrected chi connectivity index (χ3v) is 1.95. The van der Waals surface area contributed by atoms with Crippen molar-refractivity contribution in [2.75, 3.05) is 7.11 Å². The van der Waals surface area contributed by atoms with Crippen molar-refractivity contribution in [2.45, 2.75) is 19.9 Å². The normalized spacial score (nSPS) is 11.8. The molecule has 1 aromatic carbocycles. The summed E-state index contributed by atoms with van der Waals surface area (Å²) in [6.45, 7) is 3.83. The van der Waals surface area contributed by atoms with Crippen LogP contribution < -0.4 is 16.0 Å². The lowest BCUT2D eigenvalue weighted by atomic mass is 10.2. The van der Waals surface area contributed by atoms with Gasteiger partial charge in [0, 0.05) is 11.6 Å². The molecule has 16 heavy (non-hydrogen) atoms. The van der Waals surface area contributed by atoms with Crippen LogP contribution in [-0.4, -0.2) is 19.0 Å². The number of hydrogen-bond acceptors (Lipinski definition) is 3. The van der Waals surface area contributed by atoms with Crippen LogP contribution in [0.25, 0.3) is 0 Å². The number of amidine groups is 1. The van der Waals surface area contributed by atoms with Gasteiger partial charge in [0.1, 0.15) is 5.84 Å². The van der Waals surface area contributed by atoms with Crippen LogP contribution in [0.1, 0.15) is 19.4 Å². The fourth-order valence-corrected chi connectivity index (χ4v) is 1.27. The van der Waals surface area contributed by atoms with Gasteiger partial charge in [0.25, 0.3) is 0 Å². The van der Waals surface area contributed by atoms with Gasteiger partial charge in [0.2, 0.25) is 0 Å². The fraction of sp³-hybridized carbons (Fsp3) is 0.364. The van der Waals surface area contributed by atoms with E-state index in [4.69, 9.17) is 10.6 Å². The van der Waals surface area contributed by atoms with Gasteiger partial charge in [-0.1, -0.05) is 0 Å². The Labute approximate surface area is 94.3 Å². The van der Waals surface area contributed by atoms with Crippen molar-refractivity contribution in [1.82, 2.24) is 5.43 Å². The van der Waals surface area contributed by atoms with Crippen molar-refractivity contribution in [3.05, 3.63) is 29.6 Å². The molecule has 1 rings (SSSR count). The number of benzene rings is 1. The van der Waals surface area contributed by atoms with Crippen LogP contribution >= 0.6 is 0 Å². The molecule has 0 aliphatic rings. The van der Waals surface area contributed by atoms with Crippen molar-refractivity contribution in [1.29, 1.82) is 0 Å². The number of nitrogens with zero attached hydrogens (tertiary/aromatic N) is 1. The molecule has 0 bridgehead atoms. The van der Waals surface area contributed by atoms with Gasteiger partial charge in [-0.25, -0.2) is 10.2 Å². The highest BCUT2D eigenvalue weighted by Gasteiger charge is 2.07. The molecule has 1 aromatic rings. The highest BCUT2D eigenvalue weighted by Crippen LogP contribution is 2.17. The number of nitrogens with two attached hydrogens (primary N) is 1. The molecule has 0 aliphatic carbocycles. The van der Waals surface area contributed by atoms with Crippen molar-refractivity contribution in [3.8, 4) is 5.75 Å². The minimum absolute atomic E-state index is 0.0798. The quantitative estimate of drug-likeness (QED) is 0.354. The van der Waals surface area contributed by atoms with Crippen LogP contribution in [0, 0.1) is 5.82 Å². The Kier molecular flexibility index (Phi) is 4.25. The van der Waals surface area contributed by atoms with Gasteiger partial charge < -0.3 is 10.2 Å². The van der Waals surface area contributed by atoms with Gasteiger partial charge in [-0.05, 0) is 32.0 Å². The maximum atomic E-state index is 13.4. The van der Waals surface area contributed by atoms with Crippen LogP contribution in [0.5, 0.6) is 5.75 Å². The predicted octanol–water partition coefficient (Wildman–Crippen LogP) is 1.45. The molecule has 5 heteroatoms. The Morgan fingerprint density at radius 1 is 1.50 bits per heavy atom. The molecule has 0 unspecified atom stereocenters. The van der Waals surface area contributed by atoms with Crippen molar-refractivity contribution in [2.24, 2.45) is 10.8 Å². The lowest BCUT2D eigenvalue weighted by Gasteiger charge is -2.09. The average molecular weight is 225 g/mol. The topological polar surface area (TPSA) is 59.6 Å². The number of ether oxygens (including phenoxy) is 1. The first-order valence-electron chi connectivity index (χ1n) is 4.96. The highest BCUT2D eigenvalue weighted by molar-refractivity contribution is 5.98. The van der Waals surface area contributed by atoms with E-state index in [1.807, 2.05) is 13.8 Å². The second-order valence-electron chi connectivity index (χ2n) is 3.57. The molecule has 88 valence electrons. The number of nitrogens with one attached hydrogen (secondary N) is 1. The largest absolute Gasteiger partial charge is 0.494 e. The van der Waals surface area contributed by atoms with Crippen LogP contribution in [0.15, 0.2) is 23.2 Å². The SMILES string of the molecule is COc1ccc(C(=NC(C)C)NN)cc1F. The molecule has 0 heterocycles. The van der Waals surface area contributed by atoms with Gasteiger partial charge in [-0.15, -0.1) is 0 Å². The van der Waals surface area contributed by atoms with Crippen LogP contribution in [0.3, 0.4) is 0 Å². The Hall–Kier alpha value is -1.62. The number of hydrazine groups is 1. The summed E-state index contributed by atoms with van der Waals surface area (Å²) in [5, 5.41) is 0. The first-order chi connectivity index (χ1) is 7.58. The summed E-state index contributed by atoms with van der Waals surface area (Å²) in [7, 11) is 1.42. The van der Waals surface area contributed by atoms with E-state index in [1.54, 1.807) is 6.07 Å². The Morgan fingerprint density at radius 2 is 2.19 bits per heavy atom. The zero-order valence-corrected chi connectivity index (χ0v) is 9.62. The molecule has 0 fully saturated rings. The van der Waals surface area contributed by atoms with Gasteiger partial charge in [0.05, 0.1) is 7.11 Å². The molecule has 0 saturated heterocycles. The molecular weight excluding hydrogens is 209 g/mol. The average Bonchev–Trinajstić information content (AvgIpc) is 2.25. The summed E-state index contributed by atoms with van der Waals surface area (Å²) >= 11 is 0. The van der Waals surface area contributed by atoms with Crippen molar-refractivity contribution < 1.29 is 9.13 Å². The zero-order valence-electron chi connectivity index (χ0n) is 9.62. The minimum Gasteiger partial charge on any atom is -0.494 e. The molecule has 0 amide bonds. The summed E-state index contributed by atoms with van der Waals surface area (Å²) < 4.78 is 18.3. The van der Waals surface area contributed by atoms with Gasteiger partial charge >= 0.3 is 0 Å². The van der Waals surface area contributed by atoms with Crippen molar-refractivity contribution in [3.63, 3.8) is 0 Å². The lowest BCUT2D eigenvalue weighted by molar-refractivity contribution is 0.386. The van der Waals surface area contributed by atoms with Gasteiger partial charge in [-0.2, -0.15) is 0 Å². The summed E-state index contributed by atoms with van der Waals surface area (Å²) in [6.07, 6.45) is 0. The molecule has 4 nitrogen and oxygen atoms in total. The van der Waals surface area contributed by atoms with Gasteiger partial charge in [0.15, 0.2) is 11.6 Å². The molecule has 0 spiro atoms. The van der Waals surface area contributed by atoms with E-state index in [9.17, 15) is 4.39 Å². The zero-order chi connectivity index (χ0) is 12.1. The third-order valence-electron chi connectivity index (χ3n) is 1.95. The van der Waals surface area contributed by atoms with Crippen LogP contribution in [0.2, 0.25) is 0 Å². The third kappa shape index (κ3) is 2.93. The van der Waals surface area contributed by atoms with E-state index in [2.05, 4.69) is 10.4 Å². The summed E-state index contributed by atoms with van der Waals surface area (Å²) in [4.78, 5) is 4.24. The summed E-state index contributed by atoms with van der Waals surface area (Å²) in [5.41, 5.74) is 3.05. The lowest BCUT2D eigenvalue weighted by Crippen LogP contribution is -2.32. The Balaban J connectivity index is 3.08. The standard InChI is InChI=1S/C11H16FN3O/c1-7(2)14-11(15-13)8-4-5-10(16-3)9(12)6-8/h4-7H,13H2,1-3H3,(H,14,15). The number of aliphatic imine (C=N–C) groups is 1. The Morgan fingerprint density at radius 3 is 2.62 bits per heavy atom. The molecule has 0 radical (unpaired) electrons. The predicted molar refractivity (Wildman–Crippen MR) is 61.9 cm³/mol. The maximum absolute atomic E-state index is 13.4. The summed E-state index contributed by atoms with van der Waals surface area (Å²) in [5.74, 6) is 5.55. The fourth-order valence-electron chi connectivity index (χ4n) is 1.27. The molecule has 0 atom stereocenters. The number of hydrogen-bond donors (Lipinski definition) is 2. The highest BCUT2D eigenvalue weighted by atomic mass is 19.1. The maximum Gasteiger partial charge on any atom is 0.165 e. The molecule has 0 aliphatic heterocycles. The van der Waals surface area contributed by atoms with Gasteiger partial charge in [-0.3, -0.25) is 4.99 Å². The summed E-state index contributed by atoms with van der Waals surface area (Å²) in [6, 6.07) is 4.65. The van der Waals surface area contributed by atoms with E-state index < -0.39 is 5.82 Å². The first-order valence-corrected chi connectivity index (χ1v) is 4.96. The molecule has 0 saturated carbocycles. The molecular formula is C11H16FN3O. The number of rotatable bonds is 3. The Bertz CT molecular complexity index is 391. The van der Waals surface area contributed by atoms with Crippen LogP contribution in [-0.2, 0) is 0 Å². The second-order valence-corrected chi connectivity index (χ2v) is 3.57. The van der Waals surface area contributed by atoms with E-state index in [0.29, 0.717) is 11.4 Å². The van der Waals surface area contributed by atoms with E-state index in [0.717, 1.165) is 0 Å².